The summed E-state index contributed by atoms with van der Waals surface area (Å²) in [5.41, 5.74) is 0.362. The Kier molecular flexibility index (Phi) is 7.10. The van der Waals surface area contributed by atoms with Crippen molar-refractivity contribution in [3.05, 3.63) is 23.8 Å². The number of ether oxygens (including phenoxy) is 3. The van der Waals surface area contributed by atoms with Crippen molar-refractivity contribution >= 4 is 11.9 Å². The van der Waals surface area contributed by atoms with Crippen molar-refractivity contribution in [2.75, 3.05) is 20.8 Å². The Morgan fingerprint density at radius 2 is 1.88 bits per heavy atom. The van der Waals surface area contributed by atoms with Crippen LogP contribution in [0.4, 0.5) is 0 Å². The van der Waals surface area contributed by atoms with E-state index in [0.29, 0.717) is 29.5 Å². The zero-order valence-electron chi connectivity index (χ0n) is 15.2. The maximum Gasteiger partial charge on any atom is 0.337 e. The van der Waals surface area contributed by atoms with Crippen molar-refractivity contribution in [3.8, 4) is 11.5 Å². The maximum absolute atomic E-state index is 12.3. The van der Waals surface area contributed by atoms with Crippen molar-refractivity contribution in [3.63, 3.8) is 0 Å². The van der Waals surface area contributed by atoms with Crippen molar-refractivity contribution in [1.82, 2.24) is 5.32 Å². The van der Waals surface area contributed by atoms with Crippen LogP contribution in [0.3, 0.4) is 0 Å². The molecule has 25 heavy (non-hydrogen) atoms. The van der Waals surface area contributed by atoms with Gasteiger partial charge in [0.15, 0.2) is 17.6 Å². The molecular weight excluding hydrogens is 322 g/mol. The fraction of sp³-hybridized carbons (Fsp3) is 0.579. The molecule has 6 heteroatoms. The summed E-state index contributed by atoms with van der Waals surface area (Å²) in [5.74, 6) is 0.761. The van der Waals surface area contributed by atoms with Crippen LogP contribution in [0, 0.1) is 5.92 Å². The molecule has 0 aromatic heterocycles. The molecule has 0 heterocycles. The Morgan fingerprint density at radius 3 is 2.52 bits per heavy atom. The number of nitrogens with one attached hydrogen (secondary N) is 1. The van der Waals surface area contributed by atoms with Gasteiger partial charge in [-0.15, -0.1) is 0 Å². The van der Waals surface area contributed by atoms with E-state index >= 15 is 0 Å². The minimum absolute atomic E-state index is 0.148. The summed E-state index contributed by atoms with van der Waals surface area (Å²) in [6.07, 6.45) is 5.50. The first-order valence-electron chi connectivity index (χ1n) is 8.76. The number of amides is 1. The molecule has 1 fully saturated rings. The molecule has 0 spiro atoms. The predicted molar refractivity (Wildman–Crippen MR) is 94.0 cm³/mol. The van der Waals surface area contributed by atoms with Crippen molar-refractivity contribution in [2.24, 2.45) is 5.92 Å². The number of hydrogen-bond acceptors (Lipinski definition) is 5. The number of carbonyl (C=O) groups excluding carboxylic acids is 2. The Balaban J connectivity index is 1.93. The molecule has 1 saturated carbocycles. The van der Waals surface area contributed by atoms with Crippen LogP contribution in [-0.2, 0) is 9.53 Å². The van der Waals surface area contributed by atoms with E-state index in [4.69, 9.17) is 9.47 Å². The van der Waals surface area contributed by atoms with Gasteiger partial charge in [-0.05, 0) is 43.9 Å². The van der Waals surface area contributed by atoms with E-state index in [0.717, 1.165) is 0 Å². The maximum atomic E-state index is 12.3. The Labute approximate surface area is 148 Å². The molecule has 0 bridgehead atoms. The van der Waals surface area contributed by atoms with Gasteiger partial charge in [0.2, 0.25) is 0 Å². The zero-order valence-corrected chi connectivity index (χ0v) is 15.2. The highest BCUT2D eigenvalue weighted by atomic mass is 16.5. The van der Waals surface area contributed by atoms with Crippen LogP contribution in [0.2, 0.25) is 0 Å². The molecule has 0 unspecified atom stereocenters. The van der Waals surface area contributed by atoms with E-state index in [1.807, 2.05) is 0 Å². The monoisotopic (exact) mass is 349 g/mol. The smallest absolute Gasteiger partial charge is 0.337 e. The molecule has 0 saturated heterocycles. The van der Waals surface area contributed by atoms with Gasteiger partial charge in [-0.1, -0.05) is 19.3 Å². The van der Waals surface area contributed by atoms with Crippen LogP contribution in [-0.4, -0.2) is 38.7 Å². The Hall–Kier alpha value is -2.24. The third kappa shape index (κ3) is 5.37. The lowest BCUT2D eigenvalue weighted by Gasteiger charge is -2.23. The summed E-state index contributed by atoms with van der Waals surface area (Å²) < 4.78 is 15.7. The summed E-state index contributed by atoms with van der Waals surface area (Å²) in [5, 5.41) is 2.97. The van der Waals surface area contributed by atoms with Gasteiger partial charge >= 0.3 is 5.97 Å². The molecule has 6 nitrogen and oxygen atoms in total. The van der Waals surface area contributed by atoms with Gasteiger partial charge < -0.3 is 19.5 Å². The number of rotatable bonds is 7. The average Bonchev–Trinajstić information content (AvgIpc) is 2.66. The second-order valence-electron chi connectivity index (χ2n) is 6.37. The first-order valence-corrected chi connectivity index (χ1v) is 8.76. The highest BCUT2D eigenvalue weighted by Crippen LogP contribution is 2.29. The first kappa shape index (κ1) is 19.1. The van der Waals surface area contributed by atoms with Gasteiger partial charge in [-0.25, -0.2) is 4.79 Å². The third-order valence-corrected chi connectivity index (χ3v) is 4.55. The number of benzene rings is 1. The molecular formula is C19H27NO5. The minimum Gasteiger partial charge on any atom is -0.493 e. The van der Waals surface area contributed by atoms with Gasteiger partial charge in [0.25, 0.3) is 5.91 Å². The van der Waals surface area contributed by atoms with Crippen LogP contribution in [0.5, 0.6) is 11.5 Å². The van der Waals surface area contributed by atoms with Gasteiger partial charge in [0.1, 0.15) is 0 Å². The van der Waals surface area contributed by atoms with E-state index in [-0.39, 0.29) is 5.91 Å². The molecule has 1 aromatic rings. The molecule has 1 amide bonds. The van der Waals surface area contributed by atoms with E-state index in [9.17, 15) is 9.59 Å². The molecule has 1 aromatic carbocycles. The van der Waals surface area contributed by atoms with Crippen molar-refractivity contribution in [2.45, 2.75) is 45.1 Å². The van der Waals surface area contributed by atoms with Gasteiger partial charge in [0.05, 0.1) is 19.8 Å². The molecule has 1 atom stereocenters. The molecule has 0 radical (unpaired) electrons. The fourth-order valence-corrected chi connectivity index (χ4v) is 3.03. The fourth-order valence-electron chi connectivity index (χ4n) is 3.03. The highest BCUT2D eigenvalue weighted by Gasteiger charge is 2.20. The van der Waals surface area contributed by atoms with Crippen LogP contribution in [0.25, 0.3) is 0 Å². The summed E-state index contributed by atoms with van der Waals surface area (Å²) in [7, 11) is 2.80. The summed E-state index contributed by atoms with van der Waals surface area (Å²) in [4.78, 5) is 23.8. The first-order chi connectivity index (χ1) is 12.0. The molecule has 0 aliphatic heterocycles. The lowest BCUT2D eigenvalue weighted by molar-refractivity contribution is -0.127. The van der Waals surface area contributed by atoms with Crippen molar-refractivity contribution in [1.29, 1.82) is 0 Å². The topological polar surface area (TPSA) is 73.9 Å². The number of esters is 1. The summed E-state index contributed by atoms with van der Waals surface area (Å²) in [6.45, 7) is 2.40. The van der Waals surface area contributed by atoms with Gasteiger partial charge in [0, 0.05) is 6.54 Å². The second kappa shape index (κ2) is 9.30. The number of methoxy groups -OCH3 is 2. The van der Waals surface area contributed by atoms with Crippen LogP contribution in [0.1, 0.15) is 49.4 Å². The molecule has 1 N–H and O–H groups in total. The highest BCUT2D eigenvalue weighted by molar-refractivity contribution is 5.90. The number of carbonyl (C=O) groups is 2. The Morgan fingerprint density at radius 1 is 1.16 bits per heavy atom. The summed E-state index contributed by atoms with van der Waals surface area (Å²) >= 11 is 0. The van der Waals surface area contributed by atoms with E-state index in [2.05, 4.69) is 10.1 Å². The van der Waals surface area contributed by atoms with Crippen LogP contribution >= 0.6 is 0 Å². The largest absolute Gasteiger partial charge is 0.493 e. The molecule has 1 aliphatic carbocycles. The van der Waals surface area contributed by atoms with E-state index in [1.54, 1.807) is 19.1 Å². The van der Waals surface area contributed by atoms with Crippen molar-refractivity contribution < 1.29 is 23.8 Å². The normalized spacial score (nSPS) is 16.0. The Bertz CT molecular complexity index is 595. The lowest BCUT2D eigenvalue weighted by Crippen LogP contribution is -2.39. The minimum atomic E-state index is -0.651. The van der Waals surface area contributed by atoms with Crippen LogP contribution in [0.15, 0.2) is 18.2 Å². The van der Waals surface area contributed by atoms with Crippen LogP contribution < -0.4 is 14.8 Å². The zero-order chi connectivity index (χ0) is 18.2. The standard InChI is InChI=1S/C19H27NO5/c1-13(18(21)20-12-14-7-5-4-6-8-14)25-16-10-9-15(19(22)24-3)11-17(16)23-2/h9-11,13-14H,4-8,12H2,1-3H3,(H,20,21)/t13-/m1/s1. The molecule has 1 aliphatic rings. The number of hydrogen-bond donors (Lipinski definition) is 1. The quantitative estimate of drug-likeness (QED) is 0.766. The average molecular weight is 349 g/mol. The SMILES string of the molecule is COC(=O)c1ccc(O[C@H](C)C(=O)NCC2CCCCC2)c(OC)c1. The molecule has 2 rings (SSSR count). The van der Waals surface area contributed by atoms with E-state index in [1.165, 1.54) is 52.4 Å². The lowest BCUT2D eigenvalue weighted by atomic mass is 9.89. The third-order valence-electron chi connectivity index (χ3n) is 4.55. The predicted octanol–water partition coefficient (Wildman–Crippen LogP) is 2.95. The molecule has 138 valence electrons. The second-order valence-corrected chi connectivity index (χ2v) is 6.37. The van der Waals surface area contributed by atoms with E-state index < -0.39 is 12.1 Å². The van der Waals surface area contributed by atoms with Gasteiger partial charge in [-0.2, -0.15) is 0 Å². The summed E-state index contributed by atoms with van der Waals surface area (Å²) in [6, 6.07) is 4.72. The van der Waals surface area contributed by atoms with Gasteiger partial charge in [-0.3, -0.25) is 4.79 Å².